The number of anilines is 1. The summed E-state index contributed by atoms with van der Waals surface area (Å²) < 4.78 is 11.1. The fraction of sp³-hybridized carbons (Fsp3) is 0.158. The van der Waals surface area contributed by atoms with Crippen molar-refractivity contribution in [3.8, 4) is 17.2 Å². The van der Waals surface area contributed by atoms with E-state index in [4.69, 9.17) is 9.47 Å². The quantitative estimate of drug-likeness (QED) is 0.688. The van der Waals surface area contributed by atoms with Gasteiger partial charge in [0.25, 0.3) is 0 Å². The van der Waals surface area contributed by atoms with Gasteiger partial charge in [-0.05, 0) is 30.7 Å². The van der Waals surface area contributed by atoms with E-state index in [1.54, 1.807) is 37.8 Å². The molecule has 0 saturated heterocycles. The molecule has 1 amide bonds. The van der Waals surface area contributed by atoms with Crippen molar-refractivity contribution in [2.24, 2.45) is 0 Å². The van der Waals surface area contributed by atoms with Crippen molar-refractivity contribution in [3.63, 3.8) is 0 Å². The van der Waals surface area contributed by atoms with Gasteiger partial charge in [-0.3, -0.25) is 4.79 Å². The van der Waals surface area contributed by atoms with Crippen LogP contribution < -0.4 is 14.8 Å². The van der Waals surface area contributed by atoms with Crippen LogP contribution in [0.1, 0.15) is 12.1 Å². The molecule has 1 aromatic heterocycles. The highest BCUT2D eigenvalue weighted by atomic mass is 16.5. The first-order valence-corrected chi connectivity index (χ1v) is 7.92. The number of methoxy groups -OCH3 is 1. The molecule has 3 rings (SSSR count). The monoisotopic (exact) mass is 337 g/mol. The summed E-state index contributed by atoms with van der Waals surface area (Å²) in [5, 5.41) is 2.86. The lowest BCUT2D eigenvalue weighted by Crippen LogP contribution is -2.13. The maximum atomic E-state index is 12.1. The van der Waals surface area contributed by atoms with Crippen molar-refractivity contribution in [3.05, 3.63) is 66.7 Å². The molecule has 0 spiro atoms. The lowest BCUT2D eigenvalue weighted by molar-refractivity contribution is -0.116. The van der Waals surface area contributed by atoms with Crippen LogP contribution in [0.2, 0.25) is 0 Å². The first kappa shape index (κ1) is 16.6. The molecule has 0 aliphatic rings. The molecule has 6 nitrogen and oxygen atoms in total. The van der Waals surface area contributed by atoms with Crippen molar-refractivity contribution in [2.45, 2.75) is 12.8 Å². The second kappa shape index (κ2) is 8.01. The minimum absolute atomic E-state index is 0.0929. The van der Waals surface area contributed by atoms with Crippen LogP contribution in [0.15, 0.2) is 61.1 Å². The van der Waals surface area contributed by atoms with Gasteiger partial charge in [0.1, 0.15) is 17.2 Å². The van der Waals surface area contributed by atoms with Crippen LogP contribution in [0.5, 0.6) is 17.2 Å². The normalized spacial score (nSPS) is 10.3. The Kier molecular flexibility index (Phi) is 5.31. The van der Waals surface area contributed by atoms with Crippen LogP contribution >= 0.6 is 0 Å². The Hall–Kier alpha value is -3.28. The molecule has 0 aliphatic carbocycles. The van der Waals surface area contributed by atoms with Gasteiger partial charge in [-0.2, -0.15) is 0 Å². The van der Waals surface area contributed by atoms with Gasteiger partial charge in [0.2, 0.25) is 5.91 Å². The van der Waals surface area contributed by atoms with Crippen molar-refractivity contribution >= 4 is 11.6 Å². The zero-order chi connectivity index (χ0) is 17.5. The molecule has 25 heavy (non-hydrogen) atoms. The number of amides is 1. The Morgan fingerprint density at radius 3 is 2.72 bits per heavy atom. The fourth-order valence-electron chi connectivity index (χ4n) is 2.35. The number of benzene rings is 2. The van der Waals surface area contributed by atoms with Gasteiger partial charge in [0.05, 0.1) is 19.1 Å². The van der Waals surface area contributed by atoms with E-state index >= 15 is 0 Å². The first-order chi connectivity index (χ1) is 12.2. The highest BCUT2D eigenvalue weighted by molar-refractivity contribution is 5.92. The van der Waals surface area contributed by atoms with Gasteiger partial charge in [-0.25, -0.2) is 4.98 Å². The smallest absolute Gasteiger partial charge is 0.224 e. The highest BCUT2D eigenvalue weighted by Crippen LogP contribution is 2.31. The van der Waals surface area contributed by atoms with Crippen molar-refractivity contribution in [1.82, 2.24) is 9.97 Å². The molecule has 128 valence electrons. The summed E-state index contributed by atoms with van der Waals surface area (Å²) >= 11 is 0. The zero-order valence-electron chi connectivity index (χ0n) is 13.9. The summed E-state index contributed by atoms with van der Waals surface area (Å²) in [4.78, 5) is 19.0. The third-order valence-corrected chi connectivity index (χ3v) is 3.60. The van der Waals surface area contributed by atoms with Gasteiger partial charge in [-0.15, -0.1) is 0 Å². The lowest BCUT2D eigenvalue weighted by Gasteiger charge is -2.12. The van der Waals surface area contributed by atoms with Crippen LogP contribution in [0.3, 0.4) is 0 Å². The number of aromatic nitrogens is 2. The largest absolute Gasteiger partial charge is 0.494 e. The SMILES string of the molecule is COc1cc(Oc2ccccc2)ccc1NC(=O)CCc1cnc[nH]1. The van der Waals surface area contributed by atoms with E-state index in [-0.39, 0.29) is 5.91 Å². The van der Waals surface area contributed by atoms with Crippen LogP contribution in [0.4, 0.5) is 5.69 Å². The minimum atomic E-state index is -0.0929. The number of carbonyl (C=O) groups excluding carboxylic acids is 1. The topological polar surface area (TPSA) is 76.2 Å². The lowest BCUT2D eigenvalue weighted by atomic mass is 10.2. The average molecular weight is 337 g/mol. The van der Waals surface area contributed by atoms with Gasteiger partial charge in [-0.1, -0.05) is 18.2 Å². The maximum absolute atomic E-state index is 12.1. The number of hydrogen-bond donors (Lipinski definition) is 2. The number of nitrogens with one attached hydrogen (secondary N) is 2. The molecule has 2 aromatic carbocycles. The summed E-state index contributed by atoms with van der Waals surface area (Å²) in [6, 6.07) is 14.8. The molecule has 0 aliphatic heterocycles. The molecule has 0 radical (unpaired) electrons. The molecule has 0 fully saturated rings. The molecular weight excluding hydrogens is 318 g/mol. The molecule has 2 N–H and O–H groups in total. The number of nitrogens with zero attached hydrogens (tertiary/aromatic N) is 1. The van der Waals surface area contributed by atoms with E-state index in [1.807, 2.05) is 30.3 Å². The molecule has 0 atom stereocenters. The Morgan fingerprint density at radius 2 is 2.00 bits per heavy atom. The molecule has 0 unspecified atom stereocenters. The third kappa shape index (κ3) is 4.60. The molecule has 6 heteroatoms. The number of hydrogen-bond acceptors (Lipinski definition) is 4. The number of ether oxygens (including phenoxy) is 2. The van der Waals surface area contributed by atoms with Crippen molar-refractivity contribution < 1.29 is 14.3 Å². The van der Waals surface area contributed by atoms with Gasteiger partial charge in [0.15, 0.2) is 0 Å². The van der Waals surface area contributed by atoms with E-state index in [1.165, 1.54) is 0 Å². The van der Waals surface area contributed by atoms with Crippen molar-refractivity contribution in [2.75, 3.05) is 12.4 Å². The zero-order valence-corrected chi connectivity index (χ0v) is 13.9. The number of rotatable bonds is 7. The number of aromatic amines is 1. The Morgan fingerprint density at radius 1 is 1.16 bits per heavy atom. The van der Waals surface area contributed by atoms with Gasteiger partial charge < -0.3 is 19.8 Å². The second-order valence-electron chi connectivity index (χ2n) is 5.40. The van der Waals surface area contributed by atoms with E-state index < -0.39 is 0 Å². The summed E-state index contributed by atoms with van der Waals surface area (Å²) in [6.07, 6.45) is 4.27. The van der Waals surface area contributed by atoms with Crippen LogP contribution in [-0.2, 0) is 11.2 Å². The first-order valence-electron chi connectivity index (χ1n) is 7.92. The van der Waals surface area contributed by atoms with Crippen molar-refractivity contribution in [1.29, 1.82) is 0 Å². The summed E-state index contributed by atoms with van der Waals surface area (Å²) in [5.41, 5.74) is 1.53. The Bertz CT molecular complexity index is 817. The van der Waals surface area contributed by atoms with Gasteiger partial charge in [0, 0.05) is 24.4 Å². The fourth-order valence-corrected chi connectivity index (χ4v) is 2.35. The number of carbonyl (C=O) groups is 1. The van der Waals surface area contributed by atoms with Gasteiger partial charge >= 0.3 is 0 Å². The maximum Gasteiger partial charge on any atom is 0.224 e. The molecular formula is C19H19N3O3. The molecule has 0 bridgehead atoms. The second-order valence-corrected chi connectivity index (χ2v) is 5.40. The molecule has 0 saturated carbocycles. The molecule has 3 aromatic rings. The van der Waals surface area contributed by atoms with Crippen LogP contribution in [-0.4, -0.2) is 23.0 Å². The minimum Gasteiger partial charge on any atom is -0.494 e. The number of para-hydroxylation sites is 1. The van der Waals surface area contributed by atoms with E-state index in [0.717, 1.165) is 11.4 Å². The van der Waals surface area contributed by atoms with E-state index in [2.05, 4.69) is 15.3 Å². The van der Waals surface area contributed by atoms with E-state index in [0.29, 0.717) is 30.0 Å². The van der Waals surface area contributed by atoms with Crippen LogP contribution in [0.25, 0.3) is 0 Å². The summed E-state index contributed by atoms with van der Waals surface area (Å²) in [7, 11) is 1.56. The number of imidazole rings is 1. The summed E-state index contributed by atoms with van der Waals surface area (Å²) in [6.45, 7) is 0. The molecule has 1 heterocycles. The Balaban J connectivity index is 1.64. The Labute approximate surface area is 145 Å². The highest BCUT2D eigenvalue weighted by Gasteiger charge is 2.10. The standard InChI is InChI=1S/C19H19N3O3/c1-24-18-11-16(25-15-5-3-2-4-6-15)8-9-17(18)22-19(23)10-7-14-12-20-13-21-14/h2-6,8-9,11-13H,7,10H2,1H3,(H,20,21)(H,22,23). The third-order valence-electron chi connectivity index (χ3n) is 3.60. The average Bonchev–Trinajstić information content (AvgIpc) is 3.16. The number of H-pyrrole nitrogens is 1. The van der Waals surface area contributed by atoms with Crippen LogP contribution in [0, 0.1) is 0 Å². The number of aryl methyl sites for hydroxylation is 1. The predicted octanol–water partition coefficient (Wildman–Crippen LogP) is 3.78. The predicted molar refractivity (Wildman–Crippen MR) is 95.0 cm³/mol. The summed E-state index contributed by atoms with van der Waals surface area (Å²) in [5.74, 6) is 1.83. The van der Waals surface area contributed by atoms with E-state index in [9.17, 15) is 4.79 Å².